The monoisotopic (exact) mass is 289 g/mol. The number of hydrogen-bond donors (Lipinski definition) is 1. The van der Waals surface area contributed by atoms with Crippen LogP contribution in [0.3, 0.4) is 0 Å². The van der Waals surface area contributed by atoms with Gasteiger partial charge >= 0.3 is 0 Å². The molecule has 1 N–H and O–H groups in total. The molecule has 3 aromatic rings. The summed E-state index contributed by atoms with van der Waals surface area (Å²) in [5.41, 5.74) is 2.44. The minimum atomic E-state index is 0.160. The van der Waals surface area contributed by atoms with E-state index in [2.05, 4.69) is 4.98 Å². The number of halogens is 2. The number of pyridine rings is 1. The fraction of sp³-hybridized carbons (Fsp3) is 0. The first-order chi connectivity index (χ1) is 9.15. The van der Waals surface area contributed by atoms with Gasteiger partial charge in [0.25, 0.3) is 0 Å². The Hall–Kier alpha value is -1.77. The molecule has 0 fully saturated rings. The third-order valence-corrected chi connectivity index (χ3v) is 3.45. The van der Waals surface area contributed by atoms with Crippen LogP contribution in [0.2, 0.25) is 10.2 Å². The first-order valence-electron chi connectivity index (χ1n) is 5.69. The maximum absolute atomic E-state index is 9.53. The van der Waals surface area contributed by atoms with Gasteiger partial charge in [0.15, 0.2) is 0 Å². The summed E-state index contributed by atoms with van der Waals surface area (Å²) in [6.45, 7) is 0. The van der Waals surface area contributed by atoms with Crippen LogP contribution in [0, 0.1) is 0 Å². The lowest BCUT2D eigenvalue weighted by Crippen LogP contribution is -1.87. The Morgan fingerprint density at radius 2 is 1.68 bits per heavy atom. The van der Waals surface area contributed by atoms with Crippen molar-refractivity contribution in [3.63, 3.8) is 0 Å². The second-order valence-electron chi connectivity index (χ2n) is 4.17. The van der Waals surface area contributed by atoms with Gasteiger partial charge in [-0.15, -0.1) is 0 Å². The van der Waals surface area contributed by atoms with Gasteiger partial charge in [0.2, 0.25) is 0 Å². The van der Waals surface area contributed by atoms with Crippen LogP contribution < -0.4 is 0 Å². The van der Waals surface area contributed by atoms with Gasteiger partial charge < -0.3 is 5.11 Å². The summed E-state index contributed by atoms with van der Waals surface area (Å²) < 4.78 is 0. The first-order valence-corrected chi connectivity index (χ1v) is 6.45. The third-order valence-electron chi connectivity index (χ3n) is 2.93. The lowest BCUT2D eigenvalue weighted by molar-refractivity contribution is 0.476. The normalized spacial score (nSPS) is 10.8. The Bertz CT molecular complexity index is 766. The van der Waals surface area contributed by atoms with E-state index in [-0.39, 0.29) is 5.75 Å². The fourth-order valence-electron chi connectivity index (χ4n) is 2.09. The van der Waals surface area contributed by atoms with Gasteiger partial charge in [-0.2, -0.15) is 0 Å². The topological polar surface area (TPSA) is 33.1 Å². The molecule has 0 amide bonds. The average molecular weight is 290 g/mol. The van der Waals surface area contributed by atoms with Crippen LogP contribution in [0.5, 0.6) is 5.75 Å². The molecular weight excluding hydrogens is 281 g/mol. The van der Waals surface area contributed by atoms with Crippen LogP contribution in [0.4, 0.5) is 0 Å². The number of rotatable bonds is 1. The number of hydrogen-bond acceptors (Lipinski definition) is 2. The molecule has 0 unspecified atom stereocenters. The average Bonchev–Trinajstić information content (AvgIpc) is 2.38. The molecule has 0 atom stereocenters. The van der Waals surface area contributed by atoms with E-state index in [9.17, 15) is 5.11 Å². The molecule has 0 spiro atoms. The molecule has 3 rings (SSSR count). The van der Waals surface area contributed by atoms with Crippen molar-refractivity contribution < 1.29 is 5.11 Å². The molecule has 1 heterocycles. The maximum atomic E-state index is 9.53. The largest absolute Gasteiger partial charge is 0.508 e. The molecule has 94 valence electrons. The van der Waals surface area contributed by atoms with Crippen molar-refractivity contribution >= 4 is 34.1 Å². The van der Waals surface area contributed by atoms with Crippen molar-refractivity contribution in [3.8, 4) is 16.9 Å². The number of phenols is 1. The predicted octanol–water partition coefficient (Wildman–Crippen LogP) is 4.91. The molecule has 0 aliphatic carbocycles. The van der Waals surface area contributed by atoms with Crippen molar-refractivity contribution in [3.05, 3.63) is 58.7 Å². The van der Waals surface area contributed by atoms with Crippen LogP contribution in [-0.4, -0.2) is 10.1 Å². The Morgan fingerprint density at radius 3 is 2.47 bits per heavy atom. The standard InChI is InChI=1S/C15H9Cl2NO/c16-13-4-2-1-3-10(13)12-8-15(17)18-14-7-9(19)5-6-11(12)14/h1-8,19H. The fourth-order valence-corrected chi connectivity index (χ4v) is 2.52. The number of aromatic nitrogens is 1. The Balaban J connectivity index is 2.38. The van der Waals surface area contributed by atoms with E-state index in [4.69, 9.17) is 23.2 Å². The summed E-state index contributed by atoms with van der Waals surface area (Å²) in [6, 6.07) is 14.4. The van der Waals surface area contributed by atoms with Gasteiger partial charge in [-0.25, -0.2) is 4.98 Å². The van der Waals surface area contributed by atoms with E-state index < -0.39 is 0 Å². The molecule has 0 saturated heterocycles. The first kappa shape index (κ1) is 12.3. The Morgan fingerprint density at radius 1 is 0.895 bits per heavy atom. The van der Waals surface area contributed by atoms with Gasteiger partial charge in [0.05, 0.1) is 5.52 Å². The Labute approximate surface area is 120 Å². The van der Waals surface area contributed by atoms with Gasteiger partial charge in [-0.3, -0.25) is 0 Å². The molecular formula is C15H9Cl2NO. The quantitative estimate of drug-likeness (QED) is 0.646. The summed E-state index contributed by atoms with van der Waals surface area (Å²) >= 11 is 12.3. The van der Waals surface area contributed by atoms with E-state index in [1.54, 1.807) is 18.2 Å². The van der Waals surface area contributed by atoms with Gasteiger partial charge in [0.1, 0.15) is 10.9 Å². The number of benzene rings is 2. The summed E-state index contributed by atoms with van der Waals surface area (Å²) in [5, 5.41) is 11.4. The minimum Gasteiger partial charge on any atom is -0.508 e. The van der Waals surface area contributed by atoms with Crippen LogP contribution in [0.15, 0.2) is 48.5 Å². The summed E-state index contributed by atoms with van der Waals surface area (Å²) in [4.78, 5) is 4.21. The number of aromatic hydroxyl groups is 1. The number of nitrogens with zero attached hydrogens (tertiary/aromatic N) is 1. The van der Waals surface area contributed by atoms with Crippen LogP contribution >= 0.6 is 23.2 Å². The molecule has 1 aromatic heterocycles. The molecule has 2 nitrogen and oxygen atoms in total. The molecule has 0 radical (unpaired) electrons. The van der Waals surface area contributed by atoms with Crippen molar-refractivity contribution in [2.24, 2.45) is 0 Å². The van der Waals surface area contributed by atoms with E-state index in [0.717, 1.165) is 16.5 Å². The lowest BCUT2D eigenvalue weighted by atomic mass is 10.0. The molecule has 4 heteroatoms. The van der Waals surface area contributed by atoms with Crippen molar-refractivity contribution in [1.29, 1.82) is 0 Å². The molecule has 19 heavy (non-hydrogen) atoms. The summed E-state index contributed by atoms with van der Waals surface area (Å²) in [5.74, 6) is 0.160. The lowest BCUT2D eigenvalue weighted by Gasteiger charge is -2.09. The molecule has 0 bridgehead atoms. The second kappa shape index (κ2) is 4.72. The highest BCUT2D eigenvalue weighted by atomic mass is 35.5. The zero-order chi connectivity index (χ0) is 13.4. The Kier molecular flexibility index (Phi) is 3.05. The van der Waals surface area contributed by atoms with Gasteiger partial charge in [0, 0.05) is 22.0 Å². The highest BCUT2D eigenvalue weighted by Crippen LogP contribution is 2.35. The van der Waals surface area contributed by atoms with Crippen molar-refractivity contribution in [2.75, 3.05) is 0 Å². The van der Waals surface area contributed by atoms with Crippen LogP contribution in [-0.2, 0) is 0 Å². The molecule has 2 aromatic carbocycles. The zero-order valence-corrected chi connectivity index (χ0v) is 11.3. The molecule has 0 saturated carbocycles. The highest BCUT2D eigenvalue weighted by molar-refractivity contribution is 6.34. The van der Waals surface area contributed by atoms with Gasteiger partial charge in [-0.05, 0) is 29.8 Å². The van der Waals surface area contributed by atoms with E-state index in [1.807, 2.05) is 30.3 Å². The van der Waals surface area contributed by atoms with Gasteiger partial charge in [-0.1, -0.05) is 41.4 Å². The highest BCUT2D eigenvalue weighted by Gasteiger charge is 2.10. The second-order valence-corrected chi connectivity index (χ2v) is 4.97. The van der Waals surface area contributed by atoms with Crippen LogP contribution in [0.1, 0.15) is 0 Å². The summed E-state index contributed by atoms with van der Waals surface area (Å²) in [6.07, 6.45) is 0. The third kappa shape index (κ3) is 2.25. The van der Waals surface area contributed by atoms with E-state index >= 15 is 0 Å². The van der Waals surface area contributed by atoms with Crippen molar-refractivity contribution in [2.45, 2.75) is 0 Å². The maximum Gasteiger partial charge on any atom is 0.130 e. The molecule has 0 aliphatic heterocycles. The van der Waals surface area contributed by atoms with Crippen LogP contribution in [0.25, 0.3) is 22.0 Å². The SMILES string of the molecule is Oc1ccc2c(-c3ccccc3Cl)cc(Cl)nc2c1. The zero-order valence-electron chi connectivity index (χ0n) is 9.77. The number of phenolic OH excluding ortho intramolecular Hbond substituents is 1. The van der Waals surface area contributed by atoms with Crippen molar-refractivity contribution in [1.82, 2.24) is 4.98 Å². The summed E-state index contributed by atoms with van der Waals surface area (Å²) in [7, 11) is 0. The smallest absolute Gasteiger partial charge is 0.130 e. The van der Waals surface area contributed by atoms with E-state index in [1.165, 1.54) is 0 Å². The van der Waals surface area contributed by atoms with E-state index in [0.29, 0.717) is 15.7 Å². The molecule has 0 aliphatic rings. The minimum absolute atomic E-state index is 0.160. The number of fused-ring (bicyclic) bond motifs is 1. The predicted molar refractivity (Wildman–Crippen MR) is 78.9 cm³/mol.